The minimum Gasteiger partial charge on any atom is -0.312 e. The lowest BCUT2D eigenvalue weighted by atomic mass is 10.3. The van der Waals surface area contributed by atoms with Crippen molar-refractivity contribution in [3.8, 4) is 0 Å². The van der Waals surface area contributed by atoms with Crippen LogP contribution < -0.4 is 10.0 Å². The third-order valence-corrected chi connectivity index (χ3v) is 5.47. The van der Waals surface area contributed by atoms with Gasteiger partial charge in [0.25, 0.3) is 0 Å². The van der Waals surface area contributed by atoms with Crippen LogP contribution in [0.1, 0.15) is 17.4 Å². The van der Waals surface area contributed by atoms with Gasteiger partial charge in [-0.2, -0.15) is 8.78 Å². The van der Waals surface area contributed by atoms with Gasteiger partial charge in [0.15, 0.2) is 0 Å². The summed E-state index contributed by atoms with van der Waals surface area (Å²) in [6.07, 6.45) is -3.93. The molecule has 1 aromatic heterocycles. The molecule has 21 heavy (non-hydrogen) atoms. The predicted octanol–water partition coefficient (Wildman–Crippen LogP) is 2.34. The molecule has 0 saturated carbocycles. The van der Waals surface area contributed by atoms with E-state index in [0.29, 0.717) is 17.0 Å². The van der Waals surface area contributed by atoms with Gasteiger partial charge in [0.2, 0.25) is 10.0 Å². The Labute approximate surface area is 124 Å². The topological polar surface area (TPSA) is 58.2 Å². The minimum absolute atomic E-state index is 0.126. The molecule has 122 valence electrons. The Morgan fingerprint density at radius 2 is 2.00 bits per heavy atom. The van der Waals surface area contributed by atoms with Gasteiger partial charge < -0.3 is 5.32 Å². The lowest BCUT2D eigenvalue weighted by Crippen LogP contribution is -2.41. The minimum atomic E-state index is -4.40. The van der Waals surface area contributed by atoms with E-state index in [1.165, 1.54) is 18.3 Å². The molecule has 0 radical (unpaired) electrons. The lowest BCUT2D eigenvalue weighted by molar-refractivity contribution is -0.122. The number of thiophene rings is 1. The zero-order valence-corrected chi connectivity index (χ0v) is 13.1. The van der Waals surface area contributed by atoms with Crippen LogP contribution >= 0.6 is 11.3 Å². The molecule has 2 N–H and O–H groups in total. The van der Waals surface area contributed by atoms with Gasteiger partial charge in [0.05, 0.1) is 6.54 Å². The van der Waals surface area contributed by atoms with E-state index in [-0.39, 0.29) is 11.4 Å². The van der Waals surface area contributed by atoms with Crippen LogP contribution in [0.4, 0.5) is 17.6 Å². The average molecular weight is 348 g/mol. The Morgan fingerprint density at radius 1 is 1.38 bits per heavy atom. The summed E-state index contributed by atoms with van der Waals surface area (Å²) in [5.41, 5.74) is 0.390. The van der Waals surface area contributed by atoms with Gasteiger partial charge in [-0.25, -0.2) is 21.9 Å². The van der Waals surface area contributed by atoms with Crippen LogP contribution in [0, 0.1) is 6.92 Å². The highest BCUT2D eigenvalue weighted by atomic mass is 32.2. The molecule has 0 saturated heterocycles. The first-order valence-electron chi connectivity index (χ1n) is 6.05. The maximum atomic E-state index is 12.8. The molecule has 0 spiro atoms. The number of rotatable bonds is 8. The number of hydrogen-bond acceptors (Lipinski definition) is 4. The fraction of sp³-hybridized carbons (Fsp3) is 0.636. The Bertz CT molecular complexity index is 573. The Hall–Kier alpha value is -0.710. The highest BCUT2D eigenvalue weighted by Crippen LogP contribution is 2.28. The molecular formula is C11H16F4N2O2S2. The van der Waals surface area contributed by atoms with E-state index < -0.39 is 28.9 Å². The van der Waals surface area contributed by atoms with E-state index in [2.05, 4.69) is 5.32 Å². The molecule has 1 heterocycles. The maximum Gasteiger partial charge on any atom is 0.320 e. The van der Waals surface area contributed by atoms with E-state index in [1.54, 1.807) is 10.1 Å². The number of aryl methyl sites for hydroxylation is 1. The van der Waals surface area contributed by atoms with Crippen molar-refractivity contribution in [3.05, 3.63) is 15.8 Å². The summed E-state index contributed by atoms with van der Waals surface area (Å²) in [7, 11) is -4.27. The fourth-order valence-electron chi connectivity index (χ4n) is 1.55. The lowest BCUT2D eigenvalue weighted by Gasteiger charge is -2.16. The number of nitrogens with one attached hydrogen (secondary N) is 2. The highest BCUT2D eigenvalue weighted by molar-refractivity contribution is 7.89. The Morgan fingerprint density at radius 3 is 2.52 bits per heavy atom. The molecule has 0 aliphatic heterocycles. The third kappa shape index (κ3) is 4.63. The molecule has 0 unspecified atom stereocenters. The predicted molar refractivity (Wildman–Crippen MR) is 72.6 cm³/mol. The third-order valence-electron chi connectivity index (χ3n) is 2.61. The van der Waals surface area contributed by atoms with Crippen molar-refractivity contribution in [2.75, 3.05) is 13.1 Å². The normalized spacial score (nSPS) is 13.1. The monoisotopic (exact) mass is 348 g/mol. The molecule has 0 fully saturated rings. The van der Waals surface area contributed by atoms with Gasteiger partial charge in [0, 0.05) is 11.4 Å². The molecule has 10 heteroatoms. The molecule has 1 rings (SSSR count). The van der Waals surface area contributed by atoms with Crippen molar-refractivity contribution in [1.82, 2.24) is 10.0 Å². The highest BCUT2D eigenvalue weighted by Gasteiger charge is 2.42. The van der Waals surface area contributed by atoms with Crippen molar-refractivity contribution in [1.29, 1.82) is 0 Å². The summed E-state index contributed by atoms with van der Waals surface area (Å²) in [5, 5.41) is 4.51. The second-order valence-electron chi connectivity index (χ2n) is 4.34. The quantitative estimate of drug-likeness (QED) is 0.709. The smallest absolute Gasteiger partial charge is 0.312 e. The first-order valence-corrected chi connectivity index (χ1v) is 8.41. The number of hydrogen-bond donors (Lipinski definition) is 2. The Balaban J connectivity index is 2.95. The molecular weight excluding hydrogens is 332 g/mol. The summed E-state index contributed by atoms with van der Waals surface area (Å²) in [5.74, 6) is -4.40. The van der Waals surface area contributed by atoms with Crippen LogP contribution in [-0.4, -0.2) is 33.9 Å². The Kier molecular flexibility index (Phi) is 6.14. The molecule has 0 aliphatic carbocycles. The van der Waals surface area contributed by atoms with Gasteiger partial charge in [-0.3, -0.25) is 0 Å². The van der Waals surface area contributed by atoms with Crippen molar-refractivity contribution in [3.63, 3.8) is 0 Å². The maximum absolute atomic E-state index is 12.8. The van der Waals surface area contributed by atoms with Crippen molar-refractivity contribution in [2.24, 2.45) is 0 Å². The second kappa shape index (κ2) is 7.03. The molecule has 0 atom stereocenters. The fourth-order valence-corrected chi connectivity index (χ4v) is 4.37. The van der Waals surface area contributed by atoms with Crippen LogP contribution in [-0.2, 0) is 16.6 Å². The van der Waals surface area contributed by atoms with E-state index >= 15 is 0 Å². The van der Waals surface area contributed by atoms with Crippen molar-refractivity contribution < 1.29 is 26.0 Å². The second-order valence-corrected chi connectivity index (χ2v) is 7.01. The standard InChI is InChI=1S/C11H16F4N2O2S2/c1-3-16-4-8-9(7(2)5-20-8)21(18,19)17-6-11(14,15)10(12)13/h5,10,16-17H,3-4,6H2,1-2H3. The van der Waals surface area contributed by atoms with Crippen LogP contribution in [0.5, 0.6) is 0 Å². The number of sulfonamides is 1. The van der Waals surface area contributed by atoms with E-state index in [1.807, 2.05) is 6.92 Å². The van der Waals surface area contributed by atoms with Crippen LogP contribution in [0.3, 0.4) is 0 Å². The molecule has 0 aliphatic rings. The average Bonchev–Trinajstić information content (AvgIpc) is 2.76. The first kappa shape index (κ1) is 18.3. The zero-order valence-electron chi connectivity index (χ0n) is 11.4. The first-order chi connectivity index (χ1) is 9.62. The van der Waals surface area contributed by atoms with Crippen LogP contribution in [0.2, 0.25) is 0 Å². The summed E-state index contributed by atoms with van der Waals surface area (Å²) in [6, 6.07) is 0. The van der Waals surface area contributed by atoms with Gasteiger partial charge in [-0.05, 0) is 24.4 Å². The number of alkyl halides is 4. The summed E-state index contributed by atoms with van der Waals surface area (Å²) >= 11 is 1.17. The van der Waals surface area contributed by atoms with Gasteiger partial charge in [-0.15, -0.1) is 11.3 Å². The van der Waals surface area contributed by atoms with Crippen LogP contribution in [0.25, 0.3) is 0 Å². The van der Waals surface area contributed by atoms with Crippen molar-refractivity contribution in [2.45, 2.75) is 37.6 Å². The summed E-state index contributed by atoms with van der Waals surface area (Å²) in [4.78, 5) is 0.320. The number of halogens is 4. The van der Waals surface area contributed by atoms with Crippen LogP contribution in [0.15, 0.2) is 10.3 Å². The van der Waals surface area contributed by atoms with Gasteiger partial charge in [-0.1, -0.05) is 6.92 Å². The zero-order chi connectivity index (χ0) is 16.3. The van der Waals surface area contributed by atoms with Crippen molar-refractivity contribution >= 4 is 21.4 Å². The molecule has 0 bridgehead atoms. The molecule has 4 nitrogen and oxygen atoms in total. The van der Waals surface area contributed by atoms with E-state index in [9.17, 15) is 26.0 Å². The molecule has 0 aromatic carbocycles. The van der Waals surface area contributed by atoms with E-state index in [0.717, 1.165) is 0 Å². The van der Waals surface area contributed by atoms with Gasteiger partial charge >= 0.3 is 12.3 Å². The molecule has 0 amide bonds. The molecule has 1 aromatic rings. The summed E-state index contributed by atoms with van der Waals surface area (Å²) in [6.45, 7) is 2.58. The van der Waals surface area contributed by atoms with E-state index in [4.69, 9.17) is 0 Å². The summed E-state index contributed by atoms with van der Waals surface area (Å²) < 4.78 is 75.5. The SMILES string of the molecule is CCNCc1scc(C)c1S(=O)(=O)NCC(F)(F)C(F)F. The van der Waals surface area contributed by atoms with Gasteiger partial charge in [0.1, 0.15) is 4.90 Å². The largest absolute Gasteiger partial charge is 0.320 e.